The molecule has 120 valence electrons. The first-order valence-electron chi connectivity index (χ1n) is 7.65. The SMILES string of the molecule is CCO[Si](CCCCCCSC(C)=O)(OCC)OCC. The lowest BCUT2D eigenvalue weighted by atomic mass is 10.2. The molecular weight excluding hydrogens is 292 g/mol. The van der Waals surface area contributed by atoms with Crippen LogP contribution >= 0.6 is 11.8 Å². The lowest BCUT2D eigenvalue weighted by Crippen LogP contribution is -2.45. The topological polar surface area (TPSA) is 44.8 Å². The van der Waals surface area contributed by atoms with E-state index in [-0.39, 0.29) is 5.12 Å². The van der Waals surface area contributed by atoms with Crippen molar-refractivity contribution in [3.63, 3.8) is 0 Å². The largest absolute Gasteiger partial charge is 0.500 e. The van der Waals surface area contributed by atoms with Crippen molar-refractivity contribution in [2.75, 3.05) is 25.6 Å². The van der Waals surface area contributed by atoms with Gasteiger partial charge in [-0.1, -0.05) is 24.6 Å². The Morgan fingerprint density at radius 3 is 1.85 bits per heavy atom. The molecule has 0 unspecified atom stereocenters. The zero-order valence-corrected chi connectivity index (χ0v) is 15.2. The fourth-order valence-electron chi connectivity index (χ4n) is 2.01. The maximum atomic E-state index is 10.8. The van der Waals surface area contributed by atoms with Gasteiger partial charge < -0.3 is 13.3 Å². The third kappa shape index (κ3) is 9.93. The summed E-state index contributed by atoms with van der Waals surface area (Å²) in [7, 11) is -2.44. The Kier molecular flexibility index (Phi) is 12.9. The van der Waals surface area contributed by atoms with Gasteiger partial charge in [0.2, 0.25) is 0 Å². The number of rotatable bonds is 13. The van der Waals surface area contributed by atoms with Gasteiger partial charge in [0.25, 0.3) is 0 Å². The van der Waals surface area contributed by atoms with Crippen molar-refractivity contribution < 1.29 is 18.1 Å². The van der Waals surface area contributed by atoms with Crippen LogP contribution in [0.2, 0.25) is 6.04 Å². The van der Waals surface area contributed by atoms with Crippen LogP contribution in [0.4, 0.5) is 0 Å². The second kappa shape index (κ2) is 12.8. The highest BCUT2D eigenvalue weighted by molar-refractivity contribution is 8.13. The molecule has 0 N–H and O–H groups in total. The molecular formula is C14H30O4SSi. The van der Waals surface area contributed by atoms with Crippen molar-refractivity contribution in [2.45, 2.75) is 59.4 Å². The van der Waals surface area contributed by atoms with E-state index in [2.05, 4.69) is 0 Å². The monoisotopic (exact) mass is 322 g/mol. The van der Waals surface area contributed by atoms with Gasteiger partial charge in [-0.05, 0) is 33.6 Å². The van der Waals surface area contributed by atoms with Gasteiger partial charge in [-0.2, -0.15) is 0 Å². The first-order chi connectivity index (χ1) is 9.60. The molecule has 0 heterocycles. The van der Waals surface area contributed by atoms with Crippen LogP contribution in [0.15, 0.2) is 0 Å². The van der Waals surface area contributed by atoms with Gasteiger partial charge in [0.05, 0.1) is 0 Å². The molecule has 0 fully saturated rings. The summed E-state index contributed by atoms with van der Waals surface area (Å²) in [6, 6.07) is 0.891. The van der Waals surface area contributed by atoms with Gasteiger partial charge in [0, 0.05) is 38.5 Å². The number of hydrogen-bond acceptors (Lipinski definition) is 5. The Bertz CT molecular complexity index is 234. The summed E-state index contributed by atoms with van der Waals surface area (Å²) in [5.41, 5.74) is 0. The molecule has 0 radical (unpaired) electrons. The minimum Gasteiger partial charge on any atom is -0.374 e. The standard InChI is InChI=1S/C14H30O4SSi/c1-5-16-20(17-6-2,18-7-3)13-11-9-8-10-12-19-14(4)15/h5-13H2,1-4H3. The van der Waals surface area contributed by atoms with E-state index in [1.165, 1.54) is 11.8 Å². The molecule has 0 atom stereocenters. The molecule has 0 aromatic heterocycles. The highest BCUT2D eigenvalue weighted by atomic mass is 32.2. The molecule has 0 aromatic rings. The Morgan fingerprint density at radius 2 is 1.40 bits per heavy atom. The van der Waals surface area contributed by atoms with E-state index >= 15 is 0 Å². The highest BCUT2D eigenvalue weighted by Gasteiger charge is 2.39. The van der Waals surface area contributed by atoms with E-state index in [1.807, 2.05) is 20.8 Å². The molecule has 0 rings (SSSR count). The molecule has 0 aromatic carbocycles. The molecule has 4 nitrogen and oxygen atoms in total. The van der Waals surface area contributed by atoms with E-state index in [0.717, 1.165) is 37.5 Å². The number of thioether (sulfide) groups is 1. The molecule has 0 aliphatic carbocycles. The molecule has 0 spiro atoms. The highest BCUT2D eigenvalue weighted by Crippen LogP contribution is 2.20. The van der Waals surface area contributed by atoms with Crippen molar-refractivity contribution in [3.05, 3.63) is 0 Å². The number of unbranched alkanes of at least 4 members (excludes halogenated alkanes) is 3. The van der Waals surface area contributed by atoms with Gasteiger partial charge >= 0.3 is 8.80 Å². The second-order valence-electron chi connectivity index (χ2n) is 4.49. The summed E-state index contributed by atoms with van der Waals surface area (Å²) >= 11 is 1.41. The Labute approximate surface area is 129 Å². The van der Waals surface area contributed by atoms with Crippen molar-refractivity contribution in [1.29, 1.82) is 0 Å². The summed E-state index contributed by atoms with van der Waals surface area (Å²) in [5, 5.41) is 0.209. The minimum absolute atomic E-state index is 0.209. The Balaban J connectivity index is 3.91. The van der Waals surface area contributed by atoms with Gasteiger partial charge in [0.1, 0.15) is 0 Å². The third-order valence-corrected chi connectivity index (χ3v) is 6.83. The molecule has 20 heavy (non-hydrogen) atoms. The predicted octanol–water partition coefficient (Wildman–Crippen LogP) is 3.87. The number of carbonyl (C=O) groups excluding carboxylic acids is 1. The molecule has 0 amide bonds. The zero-order valence-electron chi connectivity index (χ0n) is 13.4. The second-order valence-corrected chi connectivity index (χ2v) is 8.49. The predicted molar refractivity (Wildman–Crippen MR) is 87.0 cm³/mol. The summed E-state index contributed by atoms with van der Waals surface area (Å²) in [6.07, 6.45) is 4.45. The minimum atomic E-state index is -2.44. The molecule has 0 aliphatic heterocycles. The maximum Gasteiger partial charge on any atom is 0.500 e. The quantitative estimate of drug-likeness (QED) is 0.380. The van der Waals surface area contributed by atoms with Crippen LogP contribution in [0.3, 0.4) is 0 Å². The Morgan fingerprint density at radius 1 is 0.900 bits per heavy atom. The van der Waals surface area contributed by atoms with Crippen LogP contribution in [0.1, 0.15) is 53.4 Å². The average molecular weight is 323 g/mol. The Hall–Kier alpha value is 0.117. The van der Waals surface area contributed by atoms with Crippen LogP contribution in [-0.4, -0.2) is 39.5 Å². The van der Waals surface area contributed by atoms with E-state index in [1.54, 1.807) is 6.92 Å². The summed E-state index contributed by atoms with van der Waals surface area (Å²) in [6.45, 7) is 9.50. The number of carbonyl (C=O) groups is 1. The summed E-state index contributed by atoms with van der Waals surface area (Å²) in [4.78, 5) is 10.8. The summed E-state index contributed by atoms with van der Waals surface area (Å²) in [5.74, 6) is 0.931. The zero-order chi connectivity index (χ0) is 15.3. The maximum absolute atomic E-state index is 10.8. The van der Waals surface area contributed by atoms with Gasteiger partial charge in [0.15, 0.2) is 5.12 Å². The van der Waals surface area contributed by atoms with Crippen LogP contribution in [0.25, 0.3) is 0 Å². The lowest BCUT2D eigenvalue weighted by molar-refractivity contribution is -0.109. The van der Waals surface area contributed by atoms with Crippen LogP contribution in [0.5, 0.6) is 0 Å². The van der Waals surface area contributed by atoms with Crippen molar-refractivity contribution >= 4 is 25.7 Å². The van der Waals surface area contributed by atoms with E-state index in [0.29, 0.717) is 19.8 Å². The van der Waals surface area contributed by atoms with Gasteiger partial charge in [-0.3, -0.25) is 4.79 Å². The molecule has 0 bridgehead atoms. The smallest absolute Gasteiger partial charge is 0.374 e. The van der Waals surface area contributed by atoms with Crippen LogP contribution in [-0.2, 0) is 18.1 Å². The van der Waals surface area contributed by atoms with E-state index in [4.69, 9.17) is 13.3 Å². The molecule has 0 saturated heterocycles. The molecule has 6 heteroatoms. The molecule has 0 saturated carbocycles. The summed E-state index contributed by atoms with van der Waals surface area (Å²) < 4.78 is 17.4. The first-order valence-corrected chi connectivity index (χ1v) is 10.6. The molecule has 0 aliphatic rings. The normalized spacial score (nSPS) is 11.8. The van der Waals surface area contributed by atoms with Gasteiger partial charge in [-0.25, -0.2) is 0 Å². The van der Waals surface area contributed by atoms with Crippen molar-refractivity contribution in [2.24, 2.45) is 0 Å². The van der Waals surface area contributed by atoms with Crippen molar-refractivity contribution in [3.8, 4) is 0 Å². The van der Waals surface area contributed by atoms with Crippen LogP contribution < -0.4 is 0 Å². The van der Waals surface area contributed by atoms with Crippen molar-refractivity contribution in [1.82, 2.24) is 0 Å². The fraction of sp³-hybridized carbons (Fsp3) is 0.929. The van der Waals surface area contributed by atoms with E-state index < -0.39 is 8.80 Å². The third-order valence-electron chi connectivity index (χ3n) is 2.78. The van der Waals surface area contributed by atoms with Gasteiger partial charge in [-0.15, -0.1) is 0 Å². The first kappa shape index (κ1) is 20.1. The lowest BCUT2D eigenvalue weighted by Gasteiger charge is -2.28. The number of hydrogen-bond donors (Lipinski definition) is 0. The van der Waals surface area contributed by atoms with Crippen LogP contribution in [0, 0.1) is 0 Å². The fourth-order valence-corrected chi connectivity index (χ4v) is 5.34. The average Bonchev–Trinajstić information content (AvgIpc) is 2.38. The van der Waals surface area contributed by atoms with E-state index in [9.17, 15) is 4.79 Å².